The van der Waals surface area contributed by atoms with E-state index < -0.39 is 5.97 Å². The van der Waals surface area contributed by atoms with Gasteiger partial charge in [-0.25, -0.2) is 9.78 Å². The van der Waals surface area contributed by atoms with Crippen molar-refractivity contribution in [1.82, 2.24) is 4.98 Å². The fraction of sp³-hybridized carbons (Fsp3) is 0.125. The number of aromatic carboxylic acids is 1. The molecule has 0 unspecified atom stereocenters. The maximum atomic E-state index is 11.4. The normalized spacial score (nSPS) is 10.7. The Labute approximate surface area is 120 Å². The van der Waals surface area contributed by atoms with E-state index in [1.807, 2.05) is 37.3 Å². The Morgan fingerprint density at radius 1 is 1.24 bits per heavy atom. The van der Waals surface area contributed by atoms with E-state index in [-0.39, 0.29) is 17.3 Å². The molecule has 0 spiro atoms. The van der Waals surface area contributed by atoms with Gasteiger partial charge in [-0.3, -0.25) is 0 Å². The number of nitrogens with zero attached hydrogens (tertiary/aromatic N) is 1. The zero-order chi connectivity index (χ0) is 14.8. The van der Waals surface area contributed by atoms with Crippen molar-refractivity contribution >= 4 is 5.97 Å². The van der Waals surface area contributed by atoms with E-state index in [1.54, 1.807) is 6.07 Å². The first-order chi connectivity index (χ1) is 10.2. The van der Waals surface area contributed by atoms with Gasteiger partial charge in [-0.1, -0.05) is 25.1 Å². The summed E-state index contributed by atoms with van der Waals surface area (Å²) in [5.41, 5.74) is 1.25. The lowest BCUT2D eigenvalue weighted by molar-refractivity contribution is 0.0691. The van der Waals surface area contributed by atoms with Crippen LogP contribution in [0.3, 0.4) is 0 Å². The fourth-order valence-corrected chi connectivity index (χ4v) is 2.17. The minimum Gasteiger partial charge on any atom is -0.476 e. The average Bonchev–Trinajstić information content (AvgIpc) is 3.14. The summed E-state index contributed by atoms with van der Waals surface area (Å²) < 4.78 is 11.0. The third kappa shape index (κ3) is 2.33. The van der Waals surface area contributed by atoms with Crippen LogP contribution in [0.5, 0.6) is 0 Å². The smallest absolute Gasteiger partial charge is 0.358 e. The molecule has 1 N–H and O–H groups in total. The van der Waals surface area contributed by atoms with Crippen molar-refractivity contribution in [3.8, 4) is 22.8 Å². The Morgan fingerprint density at radius 2 is 2.00 bits per heavy atom. The van der Waals surface area contributed by atoms with E-state index in [1.165, 1.54) is 6.26 Å². The number of hydrogen-bond acceptors (Lipinski definition) is 4. The fourth-order valence-electron chi connectivity index (χ4n) is 2.17. The molecular weight excluding hydrogens is 270 g/mol. The van der Waals surface area contributed by atoms with Crippen LogP contribution in [0.4, 0.5) is 0 Å². The van der Waals surface area contributed by atoms with Crippen molar-refractivity contribution in [3.05, 3.63) is 54.1 Å². The third-order valence-electron chi connectivity index (χ3n) is 3.16. The van der Waals surface area contributed by atoms with Gasteiger partial charge in [-0.05, 0) is 18.2 Å². The van der Waals surface area contributed by atoms with Gasteiger partial charge in [-0.15, -0.1) is 0 Å². The van der Waals surface area contributed by atoms with Crippen LogP contribution in [0.25, 0.3) is 22.8 Å². The van der Waals surface area contributed by atoms with Gasteiger partial charge in [0.25, 0.3) is 0 Å². The maximum absolute atomic E-state index is 11.4. The standard InChI is InChI=1S/C16H13NO4/c1-2-12-11(8-9-20-12)14-13(16(18)19)17-15(21-14)10-6-4-3-5-7-10/h3-9H,2H2,1H3,(H,18,19). The zero-order valence-corrected chi connectivity index (χ0v) is 11.4. The molecule has 0 aliphatic carbocycles. The summed E-state index contributed by atoms with van der Waals surface area (Å²) in [7, 11) is 0. The second-order valence-electron chi connectivity index (χ2n) is 4.48. The van der Waals surface area contributed by atoms with Crippen molar-refractivity contribution in [2.45, 2.75) is 13.3 Å². The average molecular weight is 283 g/mol. The molecule has 0 aliphatic heterocycles. The molecule has 21 heavy (non-hydrogen) atoms. The third-order valence-corrected chi connectivity index (χ3v) is 3.16. The summed E-state index contributed by atoms with van der Waals surface area (Å²) >= 11 is 0. The molecule has 3 rings (SSSR count). The van der Waals surface area contributed by atoms with E-state index >= 15 is 0 Å². The lowest BCUT2D eigenvalue weighted by atomic mass is 10.1. The van der Waals surface area contributed by atoms with Crippen LogP contribution in [0.2, 0.25) is 0 Å². The molecule has 0 bridgehead atoms. The molecule has 2 heterocycles. The Balaban J connectivity index is 2.16. The van der Waals surface area contributed by atoms with E-state index in [9.17, 15) is 9.90 Å². The number of carboxylic acid groups (broad SMARTS) is 1. The summed E-state index contributed by atoms with van der Waals surface area (Å²) in [6, 6.07) is 10.9. The molecule has 0 aliphatic rings. The molecule has 2 aromatic heterocycles. The summed E-state index contributed by atoms with van der Waals surface area (Å²) in [6.45, 7) is 1.93. The lowest BCUT2D eigenvalue weighted by Gasteiger charge is -1.97. The molecule has 5 heteroatoms. The highest BCUT2D eigenvalue weighted by molar-refractivity contribution is 5.93. The molecule has 0 saturated carbocycles. The molecule has 0 radical (unpaired) electrons. The molecular formula is C16H13NO4. The second kappa shape index (κ2) is 5.28. The predicted molar refractivity (Wildman–Crippen MR) is 76.0 cm³/mol. The van der Waals surface area contributed by atoms with Gasteiger partial charge in [0.2, 0.25) is 5.89 Å². The van der Waals surface area contributed by atoms with Gasteiger partial charge in [0, 0.05) is 12.0 Å². The number of hydrogen-bond donors (Lipinski definition) is 1. The second-order valence-corrected chi connectivity index (χ2v) is 4.48. The summed E-state index contributed by atoms with van der Waals surface area (Å²) in [6.07, 6.45) is 2.16. The van der Waals surface area contributed by atoms with Gasteiger partial charge in [-0.2, -0.15) is 0 Å². The number of aryl methyl sites for hydroxylation is 1. The number of aromatic nitrogens is 1. The minimum atomic E-state index is -1.13. The monoisotopic (exact) mass is 283 g/mol. The van der Waals surface area contributed by atoms with E-state index in [2.05, 4.69) is 4.98 Å². The molecule has 3 aromatic rings. The van der Waals surface area contributed by atoms with Crippen molar-refractivity contribution in [2.75, 3.05) is 0 Å². The summed E-state index contributed by atoms with van der Waals surface area (Å²) in [5.74, 6) is 0.0608. The first kappa shape index (κ1) is 13.2. The Hall–Kier alpha value is -2.82. The number of furan rings is 1. The highest BCUT2D eigenvalue weighted by atomic mass is 16.4. The molecule has 5 nitrogen and oxygen atoms in total. The Kier molecular flexibility index (Phi) is 3.31. The van der Waals surface area contributed by atoms with Gasteiger partial charge >= 0.3 is 5.97 Å². The highest BCUT2D eigenvalue weighted by Crippen LogP contribution is 2.32. The van der Waals surface area contributed by atoms with Gasteiger partial charge in [0.05, 0.1) is 11.8 Å². The molecule has 0 atom stereocenters. The van der Waals surface area contributed by atoms with Crippen molar-refractivity contribution < 1.29 is 18.7 Å². The molecule has 0 amide bonds. The van der Waals surface area contributed by atoms with E-state index in [0.29, 0.717) is 17.7 Å². The Morgan fingerprint density at radius 3 is 2.67 bits per heavy atom. The number of rotatable bonds is 4. The number of oxazole rings is 1. The van der Waals surface area contributed by atoms with E-state index in [4.69, 9.17) is 8.83 Å². The van der Waals surface area contributed by atoms with Gasteiger partial charge < -0.3 is 13.9 Å². The Bertz CT molecular complexity index is 771. The van der Waals surface area contributed by atoms with Crippen LogP contribution in [-0.4, -0.2) is 16.1 Å². The van der Waals surface area contributed by atoms with Crippen molar-refractivity contribution in [2.24, 2.45) is 0 Å². The number of carboxylic acids is 1. The van der Waals surface area contributed by atoms with Crippen LogP contribution >= 0.6 is 0 Å². The van der Waals surface area contributed by atoms with E-state index in [0.717, 1.165) is 5.56 Å². The maximum Gasteiger partial charge on any atom is 0.358 e. The van der Waals surface area contributed by atoms with Crippen molar-refractivity contribution in [1.29, 1.82) is 0 Å². The quantitative estimate of drug-likeness (QED) is 0.786. The van der Waals surface area contributed by atoms with Crippen LogP contribution in [-0.2, 0) is 6.42 Å². The van der Waals surface area contributed by atoms with Crippen LogP contribution in [0.15, 0.2) is 51.5 Å². The summed E-state index contributed by atoms with van der Waals surface area (Å²) in [4.78, 5) is 15.5. The topological polar surface area (TPSA) is 76.5 Å². The largest absolute Gasteiger partial charge is 0.476 e. The van der Waals surface area contributed by atoms with Crippen LogP contribution in [0.1, 0.15) is 23.2 Å². The van der Waals surface area contributed by atoms with Gasteiger partial charge in [0.1, 0.15) is 5.76 Å². The lowest BCUT2D eigenvalue weighted by Crippen LogP contribution is -1.99. The first-order valence-electron chi connectivity index (χ1n) is 6.57. The highest BCUT2D eigenvalue weighted by Gasteiger charge is 2.24. The van der Waals surface area contributed by atoms with Crippen molar-refractivity contribution in [3.63, 3.8) is 0 Å². The van der Waals surface area contributed by atoms with Crippen LogP contribution in [0, 0.1) is 0 Å². The molecule has 1 aromatic carbocycles. The molecule has 106 valence electrons. The summed E-state index contributed by atoms with van der Waals surface area (Å²) in [5, 5.41) is 9.34. The SMILES string of the molecule is CCc1occc1-c1oc(-c2ccccc2)nc1C(=O)O. The first-order valence-corrected chi connectivity index (χ1v) is 6.57. The van der Waals surface area contributed by atoms with Gasteiger partial charge in [0.15, 0.2) is 11.5 Å². The van der Waals surface area contributed by atoms with Crippen LogP contribution < -0.4 is 0 Å². The number of carbonyl (C=O) groups is 1. The number of benzene rings is 1. The predicted octanol–water partition coefficient (Wildman–Crippen LogP) is 3.86. The minimum absolute atomic E-state index is 0.107. The molecule has 0 saturated heterocycles. The molecule has 0 fully saturated rings. The zero-order valence-electron chi connectivity index (χ0n) is 11.4.